The molecule has 0 radical (unpaired) electrons. The summed E-state index contributed by atoms with van der Waals surface area (Å²) < 4.78 is 5.01. The number of amides is 2. The number of aromatic nitrogens is 1. The zero-order valence-electron chi connectivity index (χ0n) is 15.6. The number of nitrogens with one attached hydrogen (secondary N) is 2. The summed E-state index contributed by atoms with van der Waals surface area (Å²) in [4.78, 5) is 41.7. The SMILES string of the molecule is CCOC(=O)c1[nH]c(C)c(C(=O)CN(C(=O)NC(C)C)C2CC2)c1C. The molecule has 1 aromatic heterocycles. The monoisotopic (exact) mass is 349 g/mol. The minimum atomic E-state index is -0.473. The number of H-pyrrole nitrogens is 1. The van der Waals surface area contributed by atoms with Gasteiger partial charge in [0.1, 0.15) is 5.69 Å². The molecule has 0 atom stereocenters. The summed E-state index contributed by atoms with van der Waals surface area (Å²) in [7, 11) is 0. The van der Waals surface area contributed by atoms with Crippen LogP contribution >= 0.6 is 0 Å². The van der Waals surface area contributed by atoms with Crippen molar-refractivity contribution in [1.82, 2.24) is 15.2 Å². The van der Waals surface area contributed by atoms with Crippen LogP contribution in [-0.2, 0) is 4.74 Å². The minimum Gasteiger partial charge on any atom is -0.461 e. The van der Waals surface area contributed by atoms with E-state index in [0.29, 0.717) is 22.5 Å². The van der Waals surface area contributed by atoms with Gasteiger partial charge in [0.2, 0.25) is 0 Å². The van der Waals surface area contributed by atoms with Crippen LogP contribution < -0.4 is 5.32 Å². The lowest BCUT2D eigenvalue weighted by Gasteiger charge is -2.23. The second-order valence-electron chi connectivity index (χ2n) is 6.73. The van der Waals surface area contributed by atoms with Crippen molar-refractivity contribution in [3.05, 3.63) is 22.5 Å². The van der Waals surface area contributed by atoms with Crippen LogP contribution in [0.3, 0.4) is 0 Å². The Kier molecular flexibility index (Phi) is 5.87. The number of ketones is 1. The fourth-order valence-electron chi connectivity index (χ4n) is 2.89. The molecular formula is C18H27N3O4. The summed E-state index contributed by atoms with van der Waals surface area (Å²) in [5.74, 6) is -0.647. The summed E-state index contributed by atoms with van der Waals surface area (Å²) in [6, 6.07) is -0.0934. The van der Waals surface area contributed by atoms with Crippen LogP contribution in [0, 0.1) is 13.8 Å². The van der Waals surface area contributed by atoms with E-state index in [2.05, 4.69) is 10.3 Å². The zero-order chi connectivity index (χ0) is 18.7. The Labute approximate surface area is 148 Å². The van der Waals surface area contributed by atoms with E-state index in [0.717, 1.165) is 12.8 Å². The lowest BCUT2D eigenvalue weighted by molar-refractivity contribution is 0.0519. The van der Waals surface area contributed by atoms with Crippen molar-refractivity contribution in [2.45, 2.75) is 59.5 Å². The molecule has 7 heteroatoms. The molecule has 7 nitrogen and oxygen atoms in total. The molecule has 1 aliphatic carbocycles. The molecule has 25 heavy (non-hydrogen) atoms. The quantitative estimate of drug-likeness (QED) is 0.585. The van der Waals surface area contributed by atoms with Gasteiger partial charge in [-0.05, 0) is 53.0 Å². The van der Waals surface area contributed by atoms with E-state index < -0.39 is 5.97 Å². The van der Waals surface area contributed by atoms with E-state index in [-0.39, 0.29) is 37.0 Å². The number of aryl methyl sites for hydroxylation is 1. The van der Waals surface area contributed by atoms with Gasteiger partial charge in [-0.3, -0.25) is 4.79 Å². The molecule has 0 spiro atoms. The maximum absolute atomic E-state index is 12.8. The molecule has 2 rings (SSSR count). The molecule has 1 fully saturated rings. The van der Waals surface area contributed by atoms with Gasteiger partial charge < -0.3 is 19.9 Å². The van der Waals surface area contributed by atoms with E-state index in [4.69, 9.17) is 4.74 Å². The van der Waals surface area contributed by atoms with Crippen molar-refractivity contribution in [2.75, 3.05) is 13.2 Å². The van der Waals surface area contributed by atoms with Crippen molar-refractivity contribution in [3.8, 4) is 0 Å². The molecule has 2 N–H and O–H groups in total. The highest BCUT2D eigenvalue weighted by molar-refractivity contribution is 6.04. The summed E-state index contributed by atoms with van der Waals surface area (Å²) >= 11 is 0. The lowest BCUT2D eigenvalue weighted by atomic mass is 10.1. The molecular weight excluding hydrogens is 322 g/mol. The van der Waals surface area contributed by atoms with Gasteiger partial charge in [0.05, 0.1) is 13.2 Å². The van der Waals surface area contributed by atoms with Crippen molar-refractivity contribution in [3.63, 3.8) is 0 Å². The normalized spacial score (nSPS) is 13.7. The molecule has 0 bridgehead atoms. The Morgan fingerprint density at radius 2 is 1.92 bits per heavy atom. The number of nitrogens with zero attached hydrogens (tertiary/aromatic N) is 1. The minimum absolute atomic E-state index is 0.00498. The van der Waals surface area contributed by atoms with Crippen LogP contribution in [0.1, 0.15) is 65.7 Å². The van der Waals surface area contributed by atoms with Gasteiger partial charge in [-0.1, -0.05) is 0 Å². The van der Waals surface area contributed by atoms with Gasteiger partial charge >= 0.3 is 12.0 Å². The van der Waals surface area contributed by atoms with E-state index >= 15 is 0 Å². The number of Topliss-reactive ketones (excluding diaryl/α,β-unsaturated/α-hetero) is 1. The third-order valence-electron chi connectivity index (χ3n) is 4.17. The molecule has 0 unspecified atom stereocenters. The third-order valence-corrected chi connectivity index (χ3v) is 4.17. The average Bonchev–Trinajstić information content (AvgIpc) is 3.29. The molecule has 0 aromatic carbocycles. The van der Waals surface area contributed by atoms with Gasteiger partial charge in [0.25, 0.3) is 0 Å². The largest absolute Gasteiger partial charge is 0.461 e. The Morgan fingerprint density at radius 1 is 1.28 bits per heavy atom. The van der Waals surface area contributed by atoms with Crippen LogP contribution in [0.5, 0.6) is 0 Å². The van der Waals surface area contributed by atoms with Crippen molar-refractivity contribution < 1.29 is 19.1 Å². The highest BCUT2D eigenvalue weighted by Crippen LogP contribution is 2.28. The van der Waals surface area contributed by atoms with Crippen molar-refractivity contribution in [2.24, 2.45) is 0 Å². The molecule has 1 aromatic rings. The lowest BCUT2D eigenvalue weighted by Crippen LogP contribution is -2.46. The second-order valence-corrected chi connectivity index (χ2v) is 6.73. The standard InChI is InChI=1S/C18H27N3O4/c1-6-25-17(23)16-11(4)15(12(5)20-16)14(22)9-21(13-7-8-13)18(24)19-10(2)3/h10,13,20H,6-9H2,1-5H3,(H,19,24). The number of urea groups is 1. The van der Waals surface area contributed by atoms with Crippen LogP contribution in [0.25, 0.3) is 0 Å². The number of aromatic amines is 1. The first-order chi connectivity index (χ1) is 11.8. The predicted molar refractivity (Wildman–Crippen MR) is 93.9 cm³/mol. The molecule has 0 aliphatic heterocycles. The number of esters is 1. The first-order valence-electron chi connectivity index (χ1n) is 8.72. The highest BCUT2D eigenvalue weighted by atomic mass is 16.5. The van der Waals surface area contributed by atoms with Crippen molar-refractivity contribution >= 4 is 17.8 Å². The number of hydrogen-bond acceptors (Lipinski definition) is 4. The third kappa shape index (κ3) is 4.41. The Morgan fingerprint density at radius 3 is 2.44 bits per heavy atom. The molecule has 138 valence electrons. The highest BCUT2D eigenvalue weighted by Gasteiger charge is 2.35. The van der Waals surface area contributed by atoms with E-state index in [1.165, 1.54) is 0 Å². The van der Waals surface area contributed by atoms with Gasteiger partial charge in [0.15, 0.2) is 5.78 Å². The van der Waals surface area contributed by atoms with Gasteiger partial charge in [-0.15, -0.1) is 0 Å². The zero-order valence-corrected chi connectivity index (χ0v) is 15.6. The Balaban J connectivity index is 2.19. The maximum Gasteiger partial charge on any atom is 0.355 e. The van der Waals surface area contributed by atoms with Crippen LogP contribution in [0.4, 0.5) is 4.79 Å². The van der Waals surface area contributed by atoms with E-state index in [1.54, 1.807) is 25.7 Å². The summed E-state index contributed by atoms with van der Waals surface area (Å²) in [5, 5.41) is 2.84. The summed E-state index contributed by atoms with van der Waals surface area (Å²) in [6.45, 7) is 9.25. The number of ether oxygens (including phenoxy) is 1. The molecule has 0 saturated heterocycles. The Hall–Kier alpha value is -2.31. The number of rotatable bonds is 7. The fraction of sp³-hybridized carbons (Fsp3) is 0.611. The number of hydrogen-bond donors (Lipinski definition) is 2. The molecule has 1 aliphatic rings. The topological polar surface area (TPSA) is 91.5 Å². The molecule has 1 heterocycles. The van der Waals surface area contributed by atoms with Gasteiger partial charge in [0, 0.05) is 23.3 Å². The van der Waals surface area contributed by atoms with Crippen LogP contribution in [0.2, 0.25) is 0 Å². The van der Waals surface area contributed by atoms with Crippen LogP contribution in [0.15, 0.2) is 0 Å². The van der Waals surface area contributed by atoms with E-state index in [1.807, 2.05) is 13.8 Å². The first kappa shape index (κ1) is 19.0. The summed E-state index contributed by atoms with van der Waals surface area (Å²) in [5.41, 5.74) is 1.95. The van der Waals surface area contributed by atoms with Gasteiger partial charge in [-0.25, -0.2) is 9.59 Å². The van der Waals surface area contributed by atoms with Crippen molar-refractivity contribution in [1.29, 1.82) is 0 Å². The maximum atomic E-state index is 12.8. The van der Waals surface area contributed by atoms with Gasteiger partial charge in [-0.2, -0.15) is 0 Å². The predicted octanol–water partition coefficient (Wildman–Crippen LogP) is 2.57. The number of carbonyl (C=O) groups is 3. The Bertz CT molecular complexity index is 674. The average molecular weight is 349 g/mol. The number of carbonyl (C=O) groups excluding carboxylic acids is 3. The second kappa shape index (κ2) is 7.72. The molecule has 1 saturated carbocycles. The molecule has 2 amide bonds. The summed E-state index contributed by atoms with van der Waals surface area (Å²) in [6.07, 6.45) is 1.83. The van der Waals surface area contributed by atoms with E-state index in [9.17, 15) is 14.4 Å². The smallest absolute Gasteiger partial charge is 0.355 e. The van der Waals surface area contributed by atoms with Crippen LogP contribution in [-0.4, -0.2) is 52.9 Å². The fourth-order valence-corrected chi connectivity index (χ4v) is 2.89. The first-order valence-corrected chi connectivity index (χ1v) is 8.72.